The molecule has 2 aromatic rings. The van der Waals surface area contributed by atoms with E-state index in [0.717, 1.165) is 16.7 Å². The monoisotopic (exact) mass is 207 g/mol. The van der Waals surface area contributed by atoms with Crippen LogP contribution in [0.1, 0.15) is 6.92 Å². The largest absolute Gasteiger partial charge is 0.492 e. The third-order valence-corrected chi connectivity index (χ3v) is 2.24. The third-order valence-electron chi connectivity index (χ3n) is 1.97. The molecule has 0 atom stereocenters. The first-order valence-corrected chi connectivity index (χ1v) is 4.86. The maximum atomic E-state index is 5.99. The van der Waals surface area contributed by atoms with Crippen LogP contribution in [0.3, 0.4) is 0 Å². The Kier molecular flexibility index (Phi) is 2.55. The van der Waals surface area contributed by atoms with Gasteiger partial charge in [0.05, 0.1) is 12.1 Å². The summed E-state index contributed by atoms with van der Waals surface area (Å²) in [4.78, 5) is 4.21. The van der Waals surface area contributed by atoms with Gasteiger partial charge in [-0.3, -0.25) is 4.98 Å². The molecule has 0 N–H and O–H groups in total. The summed E-state index contributed by atoms with van der Waals surface area (Å²) in [6.45, 7) is 2.54. The van der Waals surface area contributed by atoms with Crippen LogP contribution < -0.4 is 4.74 Å². The first kappa shape index (κ1) is 9.28. The van der Waals surface area contributed by atoms with Crippen LogP contribution in [0, 0.1) is 0 Å². The van der Waals surface area contributed by atoms with Gasteiger partial charge >= 0.3 is 0 Å². The first-order valence-electron chi connectivity index (χ1n) is 4.49. The van der Waals surface area contributed by atoms with Crippen molar-refractivity contribution in [3.8, 4) is 5.75 Å². The van der Waals surface area contributed by atoms with E-state index in [-0.39, 0.29) is 0 Å². The van der Waals surface area contributed by atoms with Crippen molar-refractivity contribution >= 4 is 22.5 Å². The Morgan fingerprint density at radius 2 is 2.14 bits per heavy atom. The highest BCUT2D eigenvalue weighted by atomic mass is 35.5. The summed E-state index contributed by atoms with van der Waals surface area (Å²) < 4.78 is 5.48. The molecule has 0 aliphatic heterocycles. The minimum Gasteiger partial charge on any atom is -0.492 e. The van der Waals surface area contributed by atoms with E-state index >= 15 is 0 Å². The first-order chi connectivity index (χ1) is 6.83. The molecule has 1 aromatic heterocycles. The van der Waals surface area contributed by atoms with Crippen LogP contribution >= 0.6 is 11.6 Å². The molecule has 0 aliphatic carbocycles. The minimum atomic E-state index is 0.561. The predicted molar refractivity (Wildman–Crippen MR) is 57.9 cm³/mol. The fourth-order valence-electron chi connectivity index (χ4n) is 1.38. The molecule has 14 heavy (non-hydrogen) atoms. The summed E-state index contributed by atoms with van der Waals surface area (Å²) in [6, 6.07) is 7.79. The SMILES string of the molecule is CCOc1c(Cl)cnc2ccccc12. The lowest BCUT2D eigenvalue weighted by Gasteiger charge is -2.08. The van der Waals surface area contributed by atoms with Crippen molar-refractivity contribution < 1.29 is 4.74 Å². The van der Waals surface area contributed by atoms with Gasteiger partial charge in [0.15, 0.2) is 0 Å². The van der Waals surface area contributed by atoms with Gasteiger partial charge in [-0.25, -0.2) is 0 Å². The van der Waals surface area contributed by atoms with E-state index in [2.05, 4.69) is 4.98 Å². The van der Waals surface area contributed by atoms with E-state index in [0.29, 0.717) is 11.6 Å². The molecule has 0 bridgehead atoms. The summed E-state index contributed by atoms with van der Waals surface area (Å²) in [7, 11) is 0. The number of ether oxygens (including phenoxy) is 1. The number of rotatable bonds is 2. The second-order valence-electron chi connectivity index (χ2n) is 2.89. The van der Waals surface area contributed by atoms with E-state index in [1.807, 2.05) is 31.2 Å². The van der Waals surface area contributed by atoms with Crippen LogP contribution in [-0.2, 0) is 0 Å². The van der Waals surface area contributed by atoms with Gasteiger partial charge in [0.1, 0.15) is 10.8 Å². The van der Waals surface area contributed by atoms with Crippen LogP contribution in [0.15, 0.2) is 30.5 Å². The molecule has 3 heteroatoms. The summed E-state index contributed by atoms with van der Waals surface area (Å²) in [5.41, 5.74) is 0.903. The van der Waals surface area contributed by atoms with E-state index in [9.17, 15) is 0 Å². The molecular formula is C11H10ClNO. The molecule has 1 aromatic carbocycles. The second kappa shape index (κ2) is 3.84. The maximum absolute atomic E-state index is 5.99. The fraction of sp³-hybridized carbons (Fsp3) is 0.182. The Hall–Kier alpha value is -1.28. The number of benzene rings is 1. The summed E-state index contributed by atoms with van der Waals surface area (Å²) in [6.07, 6.45) is 1.62. The highest BCUT2D eigenvalue weighted by Gasteiger charge is 2.06. The van der Waals surface area contributed by atoms with Gasteiger partial charge in [0.2, 0.25) is 0 Å². The molecule has 2 nitrogen and oxygen atoms in total. The average molecular weight is 208 g/mol. The standard InChI is InChI=1S/C11H10ClNO/c1-2-14-11-8-5-3-4-6-10(8)13-7-9(11)12/h3-7H,2H2,1H3. The molecular weight excluding hydrogens is 198 g/mol. The number of hydrogen-bond acceptors (Lipinski definition) is 2. The normalized spacial score (nSPS) is 10.4. The minimum absolute atomic E-state index is 0.561. The highest BCUT2D eigenvalue weighted by molar-refractivity contribution is 6.33. The Balaban J connectivity index is 2.69. The molecule has 0 unspecified atom stereocenters. The fourth-order valence-corrected chi connectivity index (χ4v) is 1.59. The van der Waals surface area contributed by atoms with Gasteiger partial charge in [-0.15, -0.1) is 0 Å². The van der Waals surface area contributed by atoms with E-state index in [4.69, 9.17) is 16.3 Å². The lowest BCUT2D eigenvalue weighted by Crippen LogP contribution is -1.94. The second-order valence-corrected chi connectivity index (χ2v) is 3.29. The average Bonchev–Trinajstić information content (AvgIpc) is 2.23. The Labute approximate surface area is 87.5 Å². The number of fused-ring (bicyclic) bond motifs is 1. The number of nitrogens with zero attached hydrogens (tertiary/aromatic N) is 1. The van der Waals surface area contributed by atoms with Crippen molar-refractivity contribution in [2.45, 2.75) is 6.92 Å². The molecule has 1 heterocycles. The van der Waals surface area contributed by atoms with Crippen LogP contribution in [0.25, 0.3) is 10.9 Å². The molecule has 0 fully saturated rings. The van der Waals surface area contributed by atoms with Crippen LogP contribution in [0.2, 0.25) is 5.02 Å². The van der Waals surface area contributed by atoms with Crippen LogP contribution in [-0.4, -0.2) is 11.6 Å². The van der Waals surface area contributed by atoms with E-state index in [1.165, 1.54) is 0 Å². The molecule has 0 radical (unpaired) electrons. The maximum Gasteiger partial charge on any atom is 0.148 e. The van der Waals surface area contributed by atoms with Crippen LogP contribution in [0.5, 0.6) is 5.75 Å². The van der Waals surface area contributed by atoms with Crippen molar-refractivity contribution in [1.29, 1.82) is 0 Å². The molecule has 0 saturated carbocycles. The van der Waals surface area contributed by atoms with Crippen molar-refractivity contribution in [1.82, 2.24) is 4.98 Å². The quantitative estimate of drug-likeness (QED) is 0.754. The summed E-state index contributed by atoms with van der Waals surface area (Å²) in [5, 5.41) is 1.52. The smallest absolute Gasteiger partial charge is 0.148 e. The van der Waals surface area contributed by atoms with Crippen molar-refractivity contribution in [3.05, 3.63) is 35.5 Å². The van der Waals surface area contributed by atoms with E-state index in [1.54, 1.807) is 6.20 Å². The van der Waals surface area contributed by atoms with Crippen LogP contribution in [0.4, 0.5) is 0 Å². The van der Waals surface area contributed by atoms with Crippen molar-refractivity contribution in [2.75, 3.05) is 6.61 Å². The zero-order valence-corrected chi connectivity index (χ0v) is 8.58. The zero-order valence-electron chi connectivity index (χ0n) is 7.83. The van der Waals surface area contributed by atoms with Gasteiger partial charge in [0, 0.05) is 11.6 Å². The van der Waals surface area contributed by atoms with Gasteiger partial charge in [-0.2, -0.15) is 0 Å². The number of pyridine rings is 1. The van der Waals surface area contributed by atoms with Gasteiger partial charge in [-0.1, -0.05) is 23.7 Å². The Morgan fingerprint density at radius 1 is 1.36 bits per heavy atom. The summed E-state index contributed by atoms with van der Waals surface area (Å²) in [5.74, 6) is 0.722. The third kappa shape index (κ3) is 1.53. The van der Waals surface area contributed by atoms with Gasteiger partial charge in [-0.05, 0) is 19.1 Å². The molecule has 0 spiro atoms. The molecule has 0 amide bonds. The van der Waals surface area contributed by atoms with Gasteiger partial charge in [0.25, 0.3) is 0 Å². The Bertz CT molecular complexity index is 456. The zero-order chi connectivity index (χ0) is 9.97. The highest BCUT2D eigenvalue weighted by Crippen LogP contribution is 2.31. The summed E-state index contributed by atoms with van der Waals surface area (Å²) >= 11 is 5.99. The topological polar surface area (TPSA) is 22.1 Å². The number of para-hydroxylation sites is 1. The van der Waals surface area contributed by atoms with Crippen molar-refractivity contribution in [3.63, 3.8) is 0 Å². The lowest BCUT2D eigenvalue weighted by molar-refractivity contribution is 0.344. The number of halogens is 1. The molecule has 0 aliphatic rings. The van der Waals surface area contributed by atoms with E-state index < -0.39 is 0 Å². The lowest BCUT2D eigenvalue weighted by atomic mass is 10.2. The van der Waals surface area contributed by atoms with Crippen molar-refractivity contribution in [2.24, 2.45) is 0 Å². The Morgan fingerprint density at radius 3 is 2.93 bits per heavy atom. The molecule has 2 rings (SSSR count). The molecule has 72 valence electrons. The predicted octanol–water partition coefficient (Wildman–Crippen LogP) is 3.29. The molecule has 0 saturated heterocycles. The number of hydrogen-bond donors (Lipinski definition) is 0. The van der Waals surface area contributed by atoms with Gasteiger partial charge < -0.3 is 4.74 Å². The number of aromatic nitrogens is 1.